The third-order valence-corrected chi connectivity index (χ3v) is 3.73. The van der Waals surface area contributed by atoms with Crippen LogP contribution in [0.3, 0.4) is 0 Å². The molecule has 0 bridgehead atoms. The molecular formula is C11H10BrFN4O3S. The monoisotopic (exact) mass is 376 g/mol. The summed E-state index contributed by atoms with van der Waals surface area (Å²) in [4.78, 5) is 12.0. The van der Waals surface area contributed by atoms with E-state index >= 15 is 0 Å². The van der Waals surface area contributed by atoms with Crippen molar-refractivity contribution in [1.82, 2.24) is 14.4 Å². The predicted molar refractivity (Wildman–Crippen MR) is 77.1 cm³/mol. The minimum absolute atomic E-state index is 0.0357. The van der Waals surface area contributed by atoms with E-state index in [9.17, 15) is 17.6 Å². The lowest BCUT2D eigenvalue weighted by atomic mass is 10.2. The maximum absolute atomic E-state index is 13.7. The van der Waals surface area contributed by atoms with Gasteiger partial charge in [-0.05, 0) is 40.5 Å². The zero-order valence-electron chi connectivity index (χ0n) is 11.0. The van der Waals surface area contributed by atoms with Crippen LogP contribution >= 0.6 is 15.9 Å². The normalized spacial score (nSPS) is 11.4. The largest absolute Gasteiger partial charge is 0.318 e. The summed E-state index contributed by atoms with van der Waals surface area (Å²) in [6.45, 7) is 1.71. The summed E-state index contributed by atoms with van der Waals surface area (Å²) in [5.74, 6) is -1.38. The highest BCUT2D eigenvalue weighted by Gasteiger charge is 2.21. The second-order valence-corrected chi connectivity index (χ2v) is 6.81. The van der Waals surface area contributed by atoms with Gasteiger partial charge in [0.1, 0.15) is 5.82 Å². The van der Waals surface area contributed by atoms with Gasteiger partial charge in [-0.25, -0.2) is 12.8 Å². The van der Waals surface area contributed by atoms with Gasteiger partial charge < -0.3 is 5.32 Å². The van der Waals surface area contributed by atoms with Gasteiger partial charge >= 0.3 is 0 Å². The van der Waals surface area contributed by atoms with Gasteiger partial charge in [0, 0.05) is 0 Å². The third-order valence-electron chi connectivity index (χ3n) is 2.44. The van der Waals surface area contributed by atoms with E-state index in [-0.39, 0.29) is 16.0 Å². The average Bonchev–Trinajstić information content (AvgIpc) is 2.75. The van der Waals surface area contributed by atoms with Crippen LogP contribution in [0.25, 0.3) is 0 Å². The van der Waals surface area contributed by atoms with E-state index in [4.69, 9.17) is 0 Å². The van der Waals surface area contributed by atoms with Crippen molar-refractivity contribution in [1.29, 1.82) is 0 Å². The molecule has 7 nitrogen and oxygen atoms in total. The fourth-order valence-corrected chi connectivity index (χ4v) is 2.44. The smallest absolute Gasteiger partial charge is 0.279 e. The number of hydrogen-bond acceptors (Lipinski definition) is 5. The Kier molecular flexibility index (Phi) is 4.10. The quantitative estimate of drug-likeness (QED) is 0.876. The van der Waals surface area contributed by atoms with E-state index in [0.717, 1.165) is 6.26 Å². The predicted octanol–water partition coefficient (Wildman–Crippen LogP) is 1.55. The first-order chi connectivity index (χ1) is 9.68. The van der Waals surface area contributed by atoms with E-state index in [1.54, 1.807) is 13.0 Å². The van der Waals surface area contributed by atoms with E-state index in [0.29, 0.717) is 9.77 Å². The molecule has 0 radical (unpaired) electrons. The van der Waals surface area contributed by atoms with E-state index in [2.05, 4.69) is 31.4 Å². The molecule has 1 aromatic carbocycles. The zero-order valence-corrected chi connectivity index (χ0v) is 13.4. The number of nitrogens with one attached hydrogen (secondary N) is 1. The number of amides is 1. The van der Waals surface area contributed by atoms with E-state index in [1.807, 2.05) is 0 Å². The molecule has 1 heterocycles. The van der Waals surface area contributed by atoms with E-state index in [1.165, 1.54) is 12.1 Å². The van der Waals surface area contributed by atoms with Crippen molar-refractivity contribution < 1.29 is 17.6 Å². The molecule has 0 aliphatic rings. The molecule has 0 saturated heterocycles. The standard InChI is InChI=1S/C11H10BrFN4O3S/c1-6-3-4-8(7(13)5-6)14-11(18)9-10(12)16-17(15-9)21(2,19)20/h3-5H,1-2H3,(H,14,18). The molecule has 0 aliphatic carbocycles. The number of carbonyl (C=O) groups excluding carboxylic acids is 1. The first kappa shape index (κ1) is 15.6. The molecule has 10 heteroatoms. The van der Waals surface area contributed by atoms with Gasteiger partial charge in [0.25, 0.3) is 15.9 Å². The van der Waals surface area contributed by atoms with Gasteiger partial charge in [0.05, 0.1) is 11.9 Å². The second-order valence-electron chi connectivity index (χ2n) is 4.26. The Hall–Kier alpha value is -1.81. The summed E-state index contributed by atoms with van der Waals surface area (Å²) >= 11 is 2.94. The molecule has 0 spiro atoms. The molecular weight excluding hydrogens is 367 g/mol. The highest BCUT2D eigenvalue weighted by molar-refractivity contribution is 9.10. The van der Waals surface area contributed by atoms with Crippen LogP contribution in [0.4, 0.5) is 10.1 Å². The summed E-state index contributed by atoms with van der Waals surface area (Å²) in [7, 11) is -3.71. The first-order valence-corrected chi connectivity index (χ1v) is 8.23. The molecule has 0 saturated carbocycles. The maximum Gasteiger partial charge on any atom is 0.279 e. The molecule has 0 fully saturated rings. The summed E-state index contributed by atoms with van der Waals surface area (Å²) in [6.07, 6.45) is 0.890. The number of nitrogens with zero attached hydrogens (tertiary/aromatic N) is 3. The van der Waals surface area contributed by atoms with Crippen molar-refractivity contribution in [3.8, 4) is 0 Å². The minimum atomic E-state index is -3.71. The van der Waals surface area contributed by atoms with Crippen molar-refractivity contribution >= 4 is 37.5 Å². The SMILES string of the molecule is Cc1ccc(NC(=O)c2nn(S(C)(=O)=O)nc2Br)c(F)c1. The third kappa shape index (κ3) is 3.45. The number of carbonyl (C=O) groups is 1. The van der Waals surface area contributed by atoms with Crippen LogP contribution in [0.5, 0.6) is 0 Å². The summed E-state index contributed by atoms with van der Waals surface area (Å²) in [5.41, 5.74) is 0.404. The summed E-state index contributed by atoms with van der Waals surface area (Å²) in [6, 6.07) is 4.29. The van der Waals surface area contributed by atoms with Crippen LogP contribution in [0, 0.1) is 12.7 Å². The number of anilines is 1. The molecule has 112 valence electrons. The number of rotatable bonds is 3. The number of hydrogen-bond donors (Lipinski definition) is 1. The van der Waals surface area contributed by atoms with Gasteiger partial charge in [-0.1, -0.05) is 10.3 Å². The molecule has 1 N–H and O–H groups in total. The molecule has 0 atom stereocenters. The Bertz CT molecular complexity index is 819. The van der Waals surface area contributed by atoms with Crippen LogP contribution in [-0.4, -0.2) is 35.0 Å². The summed E-state index contributed by atoms with van der Waals surface area (Å²) in [5, 5.41) is 9.43. The van der Waals surface area contributed by atoms with Gasteiger partial charge in [-0.2, -0.15) is 0 Å². The molecule has 2 rings (SSSR count). The van der Waals surface area contributed by atoms with Crippen LogP contribution < -0.4 is 5.32 Å². The number of halogens is 2. The molecule has 2 aromatic rings. The zero-order chi connectivity index (χ0) is 15.8. The number of benzene rings is 1. The van der Waals surface area contributed by atoms with Crippen LogP contribution in [0.1, 0.15) is 16.1 Å². The highest BCUT2D eigenvalue weighted by Crippen LogP contribution is 2.18. The molecule has 0 aliphatic heterocycles. The fraction of sp³-hybridized carbons (Fsp3) is 0.182. The van der Waals surface area contributed by atoms with Crippen molar-refractivity contribution in [3.63, 3.8) is 0 Å². The molecule has 1 amide bonds. The van der Waals surface area contributed by atoms with Crippen molar-refractivity contribution in [2.75, 3.05) is 11.6 Å². The highest BCUT2D eigenvalue weighted by atomic mass is 79.9. The van der Waals surface area contributed by atoms with E-state index < -0.39 is 21.7 Å². The fourth-order valence-electron chi connectivity index (χ4n) is 1.46. The number of aromatic nitrogens is 3. The Morgan fingerprint density at radius 1 is 1.38 bits per heavy atom. The molecule has 1 aromatic heterocycles. The molecule has 0 unspecified atom stereocenters. The lowest BCUT2D eigenvalue weighted by Gasteiger charge is -2.05. The van der Waals surface area contributed by atoms with Crippen LogP contribution in [0.15, 0.2) is 22.8 Å². The topological polar surface area (TPSA) is 94.0 Å². The Morgan fingerprint density at radius 2 is 2.05 bits per heavy atom. The van der Waals surface area contributed by atoms with Gasteiger partial charge in [-0.15, -0.1) is 10.2 Å². The van der Waals surface area contributed by atoms with Crippen molar-refractivity contribution in [2.45, 2.75) is 6.92 Å². The maximum atomic E-state index is 13.7. The minimum Gasteiger partial charge on any atom is -0.318 e. The van der Waals surface area contributed by atoms with Gasteiger partial charge in [0.2, 0.25) is 0 Å². The Labute approximate surface area is 128 Å². The summed E-state index contributed by atoms with van der Waals surface area (Å²) < 4.78 is 36.6. The number of aryl methyl sites for hydroxylation is 1. The van der Waals surface area contributed by atoms with Crippen molar-refractivity contribution in [3.05, 3.63) is 39.9 Å². The second kappa shape index (κ2) is 5.53. The molecule has 21 heavy (non-hydrogen) atoms. The Morgan fingerprint density at radius 3 is 2.57 bits per heavy atom. The Balaban J connectivity index is 2.31. The first-order valence-electron chi connectivity index (χ1n) is 5.59. The van der Waals surface area contributed by atoms with Gasteiger partial charge in [0.15, 0.2) is 10.3 Å². The van der Waals surface area contributed by atoms with Crippen LogP contribution in [-0.2, 0) is 10.0 Å². The lowest BCUT2D eigenvalue weighted by Crippen LogP contribution is -2.17. The van der Waals surface area contributed by atoms with Crippen LogP contribution in [0.2, 0.25) is 0 Å². The lowest BCUT2D eigenvalue weighted by molar-refractivity contribution is 0.102. The average molecular weight is 377 g/mol. The van der Waals surface area contributed by atoms with Crippen molar-refractivity contribution in [2.24, 2.45) is 0 Å². The van der Waals surface area contributed by atoms with Gasteiger partial charge in [-0.3, -0.25) is 4.79 Å².